The summed E-state index contributed by atoms with van der Waals surface area (Å²) in [7, 11) is 1.62. The molecular formula is C15H21N3O2. The summed E-state index contributed by atoms with van der Waals surface area (Å²) < 4.78 is 5.04. The van der Waals surface area contributed by atoms with Crippen molar-refractivity contribution in [1.29, 1.82) is 5.26 Å². The Labute approximate surface area is 120 Å². The highest BCUT2D eigenvalue weighted by atomic mass is 16.5. The standard InChI is InChI=1S/C15H21N3O2/c1-13(18(10-6-9-16)11-12-20-2)15(19)17-14-7-4-3-5-8-14/h3-5,7-8,13H,6,10-12H2,1-2H3,(H,17,19). The van der Waals surface area contributed by atoms with E-state index in [1.54, 1.807) is 7.11 Å². The van der Waals surface area contributed by atoms with Crippen LogP contribution in [0.4, 0.5) is 5.69 Å². The maximum atomic E-state index is 12.2. The van der Waals surface area contributed by atoms with Gasteiger partial charge in [-0.25, -0.2) is 0 Å². The van der Waals surface area contributed by atoms with Gasteiger partial charge >= 0.3 is 0 Å². The number of hydrogen-bond acceptors (Lipinski definition) is 4. The first-order valence-corrected chi connectivity index (χ1v) is 6.65. The molecule has 0 spiro atoms. The lowest BCUT2D eigenvalue weighted by molar-refractivity contribution is -0.121. The molecule has 0 aliphatic rings. The largest absolute Gasteiger partial charge is 0.383 e. The summed E-state index contributed by atoms with van der Waals surface area (Å²) in [6.45, 7) is 3.56. The molecule has 0 fully saturated rings. The smallest absolute Gasteiger partial charge is 0.241 e. The van der Waals surface area contributed by atoms with Gasteiger partial charge in [-0.05, 0) is 19.1 Å². The predicted molar refractivity (Wildman–Crippen MR) is 78.2 cm³/mol. The fraction of sp³-hybridized carbons (Fsp3) is 0.467. The number of amides is 1. The van der Waals surface area contributed by atoms with E-state index >= 15 is 0 Å². The van der Waals surface area contributed by atoms with E-state index in [1.165, 1.54) is 0 Å². The minimum Gasteiger partial charge on any atom is -0.383 e. The number of rotatable bonds is 8. The van der Waals surface area contributed by atoms with E-state index in [0.717, 1.165) is 5.69 Å². The van der Waals surface area contributed by atoms with Crippen LogP contribution in [0.3, 0.4) is 0 Å². The molecule has 1 rings (SSSR count). The van der Waals surface area contributed by atoms with E-state index in [0.29, 0.717) is 26.1 Å². The quantitative estimate of drug-likeness (QED) is 0.786. The van der Waals surface area contributed by atoms with E-state index < -0.39 is 0 Å². The zero-order valence-corrected chi connectivity index (χ0v) is 12.0. The van der Waals surface area contributed by atoms with Crippen LogP contribution in [0.15, 0.2) is 30.3 Å². The number of nitrogens with one attached hydrogen (secondary N) is 1. The highest BCUT2D eigenvalue weighted by Crippen LogP contribution is 2.08. The number of benzene rings is 1. The van der Waals surface area contributed by atoms with Crippen LogP contribution in [0.5, 0.6) is 0 Å². The Morgan fingerprint density at radius 1 is 1.40 bits per heavy atom. The van der Waals surface area contributed by atoms with Crippen LogP contribution in [-0.2, 0) is 9.53 Å². The lowest BCUT2D eigenvalue weighted by atomic mass is 10.2. The van der Waals surface area contributed by atoms with E-state index in [4.69, 9.17) is 10.00 Å². The van der Waals surface area contributed by atoms with Crippen LogP contribution in [0.1, 0.15) is 13.3 Å². The number of anilines is 1. The van der Waals surface area contributed by atoms with Gasteiger partial charge in [0.05, 0.1) is 18.7 Å². The van der Waals surface area contributed by atoms with Gasteiger partial charge in [0.2, 0.25) is 5.91 Å². The topological polar surface area (TPSA) is 65.4 Å². The third-order valence-corrected chi connectivity index (χ3v) is 3.06. The van der Waals surface area contributed by atoms with E-state index in [1.807, 2.05) is 42.2 Å². The Balaban J connectivity index is 2.60. The molecule has 0 saturated carbocycles. The van der Waals surface area contributed by atoms with Gasteiger partial charge in [-0.3, -0.25) is 9.69 Å². The molecule has 1 aromatic rings. The van der Waals surface area contributed by atoms with Crippen molar-refractivity contribution < 1.29 is 9.53 Å². The van der Waals surface area contributed by atoms with Crippen LogP contribution in [-0.4, -0.2) is 43.7 Å². The zero-order valence-electron chi connectivity index (χ0n) is 12.0. The third kappa shape index (κ3) is 5.39. The summed E-state index contributed by atoms with van der Waals surface area (Å²) in [6, 6.07) is 11.1. The second kappa shape index (κ2) is 9.08. The van der Waals surface area contributed by atoms with Gasteiger partial charge in [-0.1, -0.05) is 18.2 Å². The summed E-state index contributed by atoms with van der Waals surface area (Å²) in [5, 5.41) is 11.6. The molecular weight excluding hydrogens is 254 g/mol. The molecule has 1 amide bonds. The van der Waals surface area contributed by atoms with Gasteiger partial charge in [-0.15, -0.1) is 0 Å². The van der Waals surface area contributed by atoms with Crippen molar-refractivity contribution in [3.05, 3.63) is 30.3 Å². The molecule has 0 radical (unpaired) electrons. The van der Waals surface area contributed by atoms with Gasteiger partial charge in [0.1, 0.15) is 0 Å². The number of para-hydroxylation sites is 1. The molecule has 1 atom stereocenters. The van der Waals surface area contributed by atoms with Crippen LogP contribution in [0, 0.1) is 11.3 Å². The van der Waals surface area contributed by atoms with Crippen molar-refractivity contribution in [2.45, 2.75) is 19.4 Å². The van der Waals surface area contributed by atoms with Crippen molar-refractivity contribution in [2.75, 3.05) is 32.1 Å². The molecule has 0 aliphatic carbocycles. The molecule has 0 saturated heterocycles. The van der Waals surface area contributed by atoms with Gasteiger partial charge in [0.25, 0.3) is 0 Å². The average Bonchev–Trinajstić information content (AvgIpc) is 2.48. The second-order valence-corrected chi connectivity index (χ2v) is 4.47. The molecule has 1 N–H and O–H groups in total. The summed E-state index contributed by atoms with van der Waals surface area (Å²) in [6.07, 6.45) is 0.396. The Bertz CT molecular complexity index is 442. The van der Waals surface area contributed by atoms with Crippen LogP contribution in [0.2, 0.25) is 0 Å². The number of nitriles is 1. The van der Waals surface area contributed by atoms with Crippen molar-refractivity contribution in [1.82, 2.24) is 4.90 Å². The normalized spacial score (nSPS) is 11.9. The minimum atomic E-state index is -0.307. The third-order valence-electron chi connectivity index (χ3n) is 3.06. The Hall–Kier alpha value is -1.90. The average molecular weight is 275 g/mol. The van der Waals surface area contributed by atoms with Gasteiger partial charge in [0, 0.05) is 32.3 Å². The Kier molecular flexibility index (Phi) is 7.33. The summed E-state index contributed by atoms with van der Waals surface area (Å²) in [5.74, 6) is -0.0785. The number of methoxy groups -OCH3 is 1. The highest BCUT2D eigenvalue weighted by molar-refractivity contribution is 5.94. The zero-order chi connectivity index (χ0) is 14.8. The van der Waals surface area contributed by atoms with Crippen molar-refractivity contribution in [3.8, 4) is 6.07 Å². The fourth-order valence-corrected chi connectivity index (χ4v) is 1.84. The lowest BCUT2D eigenvalue weighted by Gasteiger charge is -2.27. The maximum absolute atomic E-state index is 12.2. The summed E-state index contributed by atoms with van der Waals surface area (Å²) in [4.78, 5) is 14.2. The summed E-state index contributed by atoms with van der Waals surface area (Å²) in [5.41, 5.74) is 0.774. The number of carbonyl (C=O) groups excluding carboxylic acids is 1. The van der Waals surface area contributed by atoms with E-state index in [-0.39, 0.29) is 11.9 Å². The maximum Gasteiger partial charge on any atom is 0.241 e. The number of hydrogen-bond donors (Lipinski definition) is 1. The minimum absolute atomic E-state index is 0.0785. The van der Waals surface area contributed by atoms with Crippen LogP contribution < -0.4 is 5.32 Å². The molecule has 0 aliphatic heterocycles. The van der Waals surface area contributed by atoms with Crippen molar-refractivity contribution in [2.24, 2.45) is 0 Å². The number of nitrogens with zero attached hydrogens (tertiary/aromatic N) is 2. The first-order valence-electron chi connectivity index (χ1n) is 6.65. The van der Waals surface area contributed by atoms with Crippen LogP contribution in [0.25, 0.3) is 0 Å². The van der Waals surface area contributed by atoms with E-state index in [9.17, 15) is 4.79 Å². The van der Waals surface area contributed by atoms with Crippen molar-refractivity contribution in [3.63, 3.8) is 0 Å². The summed E-state index contributed by atoms with van der Waals surface area (Å²) >= 11 is 0. The van der Waals surface area contributed by atoms with E-state index in [2.05, 4.69) is 11.4 Å². The Morgan fingerprint density at radius 3 is 2.70 bits per heavy atom. The van der Waals surface area contributed by atoms with Crippen molar-refractivity contribution >= 4 is 11.6 Å². The molecule has 1 unspecified atom stereocenters. The molecule has 0 aromatic heterocycles. The molecule has 20 heavy (non-hydrogen) atoms. The first kappa shape index (κ1) is 16.2. The number of ether oxygens (including phenoxy) is 1. The Morgan fingerprint density at radius 2 is 2.10 bits per heavy atom. The molecule has 1 aromatic carbocycles. The lowest BCUT2D eigenvalue weighted by Crippen LogP contribution is -2.44. The second-order valence-electron chi connectivity index (χ2n) is 4.47. The highest BCUT2D eigenvalue weighted by Gasteiger charge is 2.20. The fourth-order valence-electron chi connectivity index (χ4n) is 1.84. The number of carbonyl (C=O) groups is 1. The predicted octanol–water partition coefficient (Wildman–Crippen LogP) is 1.88. The van der Waals surface area contributed by atoms with Crippen LogP contribution >= 0.6 is 0 Å². The molecule has 108 valence electrons. The monoisotopic (exact) mass is 275 g/mol. The SMILES string of the molecule is COCCN(CCC#N)C(C)C(=O)Nc1ccccc1. The molecule has 0 heterocycles. The molecule has 0 bridgehead atoms. The molecule has 5 nitrogen and oxygen atoms in total. The van der Waals surface area contributed by atoms with Gasteiger partial charge < -0.3 is 10.1 Å². The van der Waals surface area contributed by atoms with Gasteiger partial charge in [0.15, 0.2) is 0 Å². The first-order chi connectivity index (χ1) is 9.69. The molecule has 5 heteroatoms. The van der Waals surface area contributed by atoms with Gasteiger partial charge in [-0.2, -0.15) is 5.26 Å².